The molecule has 21 heavy (non-hydrogen) atoms. The van der Waals surface area contributed by atoms with E-state index in [1.165, 1.54) is 0 Å². The van der Waals surface area contributed by atoms with Crippen molar-refractivity contribution in [3.05, 3.63) is 69.7 Å². The van der Waals surface area contributed by atoms with Crippen LogP contribution in [0.15, 0.2) is 48.5 Å². The Labute approximate surface area is 134 Å². The monoisotopic (exact) mass is 319 g/mol. The second-order valence-corrected chi connectivity index (χ2v) is 6.09. The molecule has 0 spiro atoms. The second-order valence-electron chi connectivity index (χ2n) is 5.28. The molecule has 0 bridgehead atoms. The Balaban J connectivity index is 1.73. The molecule has 1 atom stereocenters. The van der Waals surface area contributed by atoms with Gasteiger partial charge in [0, 0.05) is 24.6 Å². The van der Waals surface area contributed by atoms with Crippen LogP contribution < -0.4 is 0 Å². The Morgan fingerprint density at radius 1 is 1.05 bits per heavy atom. The third-order valence-electron chi connectivity index (χ3n) is 3.91. The lowest BCUT2D eigenvalue weighted by Crippen LogP contribution is -2.28. The first-order valence-electron chi connectivity index (χ1n) is 6.94. The molecule has 2 aromatic carbocycles. The molecule has 2 nitrogen and oxygen atoms in total. The molecule has 0 aliphatic carbocycles. The van der Waals surface area contributed by atoms with E-state index in [-0.39, 0.29) is 5.91 Å². The summed E-state index contributed by atoms with van der Waals surface area (Å²) >= 11 is 12.0. The molecular weight excluding hydrogens is 305 g/mol. The SMILES string of the molecule is O=C(c1ccccc1)N1CCC(c2ccc(Cl)c(Cl)c2)C1. The maximum Gasteiger partial charge on any atom is 0.253 e. The van der Waals surface area contributed by atoms with Crippen molar-refractivity contribution < 1.29 is 4.79 Å². The number of amides is 1. The average Bonchev–Trinajstić information content (AvgIpc) is 3.00. The maximum atomic E-state index is 12.4. The Hall–Kier alpha value is -1.51. The fourth-order valence-electron chi connectivity index (χ4n) is 2.75. The van der Waals surface area contributed by atoms with Crippen molar-refractivity contribution in [1.82, 2.24) is 4.90 Å². The van der Waals surface area contributed by atoms with Gasteiger partial charge in [-0.2, -0.15) is 0 Å². The van der Waals surface area contributed by atoms with Crippen LogP contribution in [0.5, 0.6) is 0 Å². The third-order valence-corrected chi connectivity index (χ3v) is 4.65. The zero-order chi connectivity index (χ0) is 14.8. The number of likely N-dealkylation sites (tertiary alicyclic amines) is 1. The highest BCUT2D eigenvalue weighted by Crippen LogP contribution is 2.32. The molecule has 1 aliphatic rings. The Kier molecular flexibility index (Phi) is 4.18. The highest BCUT2D eigenvalue weighted by atomic mass is 35.5. The molecule has 1 fully saturated rings. The van der Waals surface area contributed by atoms with Crippen molar-refractivity contribution >= 4 is 29.1 Å². The number of hydrogen-bond donors (Lipinski definition) is 0. The van der Waals surface area contributed by atoms with E-state index in [1.54, 1.807) is 0 Å². The first-order valence-corrected chi connectivity index (χ1v) is 7.70. The topological polar surface area (TPSA) is 20.3 Å². The normalized spacial score (nSPS) is 18.0. The quantitative estimate of drug-likeness (QED) is 0.790. The third kappa shape index (κ3) is 3.07. The number of benzene rings is 2. The lowest BCUT2D eigenvalue weighted by atomic mass is 9.99. The van der Waals surface area contributed by atoms with Crippen molar-refractivity contribution in [2.45, 2.75) is 12.3 Å². The highest BCUT2D eigenvalue weighted by molar-refractivity contribution is 6.42. The van der Waals surface area contributed by atoms with Crippen LogP contribution in [0, 0.1) is 0 Å². The van der Waals surface area contributed by atoms with Crippen molar-refractivity contribution in [3.8, 4) is 0 Å². The Morgan fingerprint density at radius 2 is 1.81 bits per heavy atom. The molecule has 1 unspecified atom stereocenters. The summed E-state index contributed by atoms with van der Waals surface area (Å²) in [5, 5.41) is 1.14. The van der Waals surface area contributed by atoms with Gasteiger partial charge in [-0.15, -0.1) is 0 Å². The number of nitrogens with zero attached hydrogens (tertiary/aromatic N) is 1. The summed E-state index contributed by atoms with van der Waals surface area (Å²) in [4.78, 5) is 14.3. The molecule has 3 rings (SSSR count). The minimum atomic E-state index is 0.0955. The fourth-order valence-corrected chi connectivity index (χ4v) is 3.05. The molecule has 0 aromatic heterocycles. The summed E-state index contributed by atoms with van der Waals surface area (Å²) in [6.07, 6.45) is 0.955. The average molecular weight is 320 g/mol. The van der Waals surface area contributed by atoms with Crippen LogP contribution in [0.4, 0.5) is 0 Å². The van der Waals surface area contributed by atoms with Gasteiger partial charge >= 0.3 is 0 Å². The van der Waals surface area contributed by atoms with Crippen LogP contribution >= 0.6 is 23.2 Å². The van der Waals surface area contributed by atoms with Gasteiger partial charge in [0.05, 0.1) is 10.0 Å². The van der Waals surface area contributed by atoms with Crippen LogP contribution in [0.1, 0.15) is 28.3 Å². The second kappa shape index (κ2) is 6.08. The van der Waals surface area contributed by atoms with Gasteiger partial charge in [0.1, 0.15) is 0 Å². The molecular formula is C17H15Cl2NO. The summed E-state index contributed by atoms with van der Waals surface area (Å²) < 4.78 is 0. The molecule has 0 N–H and O–H groups in total. The maximum absolute atomic E-state index is 12.4. The van der Waals surface area contributed by atoms with Gasteiger partial charge in [-0.25, -0.2) is 0 Å². The molecule has 0 radical (unpaired) electrons. The summed E-state index contributed by atoms with van der Waals surface area (Å²) in [6, 6.07) is 15.1. The van der Waals surface area contributed by atoms with Crippen molar-refractivity contribution in [1.29, 1.82) is 0 Å². The van der Waals surface area contributed by atoms with Gasteiger partial charge in [0.2, 0.25) is 0 Å². The van der Waals surface area contributed by atoms with Crippen LogP contribution in [-0.2, 0) is 0 Å². The van der Waals surface area contributed by atoms with E-state index in [4.69, 9.17) is 23.2 Å². The fraction of sp³-hybridized carbons (Fsp3) is 0.235. The molecule has 1 saturated heterocycles. The smallest absolute Gasteiger partial charge is 0.253 e. The first-order chi connectivity index (χ1) is 10.1. The van der Waals surface area contributed by atoms with Crippen LogP contribution in [0.25, 0.3) is 0 Å². The highest BCUT2D eigenvalue weighted by Gasteiger charge is 2.28. The Morgan fingerprint density at radius 3 is 2.52 bits per heavy atom. The van der Waals surface area contributed by atoms with Crippen molar-refractivity contribution in [3.63, 3.8) is 0 Å². The van der Waals surface area contributed by atoms with E-state index in [0.717, 1.165) is 30.6 Å². The van der Waals surface area contributed by atoms with Gasteiger partial charge in [0.15, 0.2) is 0 Å². The minimum absolute atomic E-state index is 0.0955. The summed E-state index contributed by atoms with van der Waals surface area (Å²) in [6.45, 7) is 1.50. The van der Waals surface area contributed by atoms with Crippen LogP contribution in [0.2, 0.25) is 10.0 Å². The lowest BCUT2D eigenvalue weighted by molar-refractivity contribution is 0.0791. The molecule has 108 valence electrons. The van der Waals surface area contributed by atoms with Gasteiger partial charge < -0.3 is 4.90 Å². The molecule has 2 aromatic rings. The Bertz CT molecular complexity index is 657. The number of carbonyl (C=O) groups excluding carboxylic acids is 1. The zero-order valence-corrected chi connectivity index (χ0v) is 12.9. The van der Waals surface area contributed by atoms with E-state index < -0.39 is 0 Å². The number of rotatable bonds is 2. The summed E-state index contributed by atoms with van der Waals surface area (Å²) in [5.41, 5.74) is 1.89. The van der Waals surface area contributed by atoms with E-state index in [2.05, 4.69) is 0 Å². The van der Waals surface area contributed by atoms with Gasteiger partial charge in [-0.3, -0.25) is 4.79 Å². The van der Waals surface area contributed by atoms with E-state index in [1.807, 2.05) is 53.4 Å². The largest absolute Gasteiger partial charge is 0.338 e. The first kappa shape index (κ1) is 14.4. The predicted molar refractivity (Wildman–Crippen MR) is 86.2 cm³/mol. The van der Waals surface area contributed by atoms with Gasteiger partial charge in [-0.1, -0.05) is 47.5 Å². The number of halogens is 2. The predicted octanol–water partition coefficient (Wildman–Crippen LogP) is 4.62. The molecule has 4 heteroatoms. The summed E-state index contributed by atoms with van der Waals surface area (Å²) in [7, 11) is 0. The molecule has 1 amide bonds. The van der Waals surface area contributed by atoms with Crippen molar-refractivity contribution in [2.24, 2.45) is 0 Å². The number of hydrogen-bond acceptors (Lipinski definition) is 1. The minimum Gasteiger partial charge on any atom is -0.338 e. The van der Waals surface area contributed by atoms with Crippen LogP contribution in [-0.4, -0.2) is 23.9 Å². The van der Waals surface area contributed by atoms with E-state index in [9.17, 15) is 4.79 Å². The number of carbonyl (C=O) groups is 1. The molecule has 0 saturated carbocycles. The van der Waals surface area contributed by atoms with Crippen molar-refractivity contribution in [2.75, 3.05) is 13.1 Å². The lowest BCUT2D eigenvalue weighted by Gasteiger charge is -2.17. The molecule has 1 aliphatic heterocycles. The van der Waals surface area contributed by atoms with E-state index in [0.29, 0.717) is 16.0 Å². The molecule has 1 heterocycles. The van der Waals surface area contributed by atoms with Crippen LogP contribution in [0.3, 0.4) is 0 Å². The van der Waals surface area contributed by atoms with E-state index >= 15 is 0 Å². The van der Waals surface area contributed by atoms with Gasteiger partial charge in [0.25, 0.3) is 5.91 Å². The summed E-state index contributed by atoms with van der Waals surface area (Å²) in [5.74, 6) is 0.422. The standard InChI is InChI=1S/C17H15Cl2NO/c18-15-7-6-13(10-16(15)19)14-8-9-20(11-14)17(21)12-4-2-1-3-5-12/h1-7,10,14H,8-9,11H2. The van der Waals surface area contributed by atoms with Gasteiger partial charge in [-0.05, 0) is 36.2 Å². The zero-order valence-electron chi connectivity index (χ0n) is 11.4.